The van der Waals surface area contributed by atoms with Crippen LogP contribution in [0.25, 0.3) is 5.65 Å². The van der Waals surface area contributed by atoms with Gasteiger partial charge in [-0.2, -0.15) is 0 Å². The highest BCUT2D eigenvalue weighted by Gasteiger charge is 2.29. The van der Waals surface area contributed by atoms with Gasteiger partial charge in [-0.15, -0.1) is 0 Å². The summed E-state index contributed by atoms with van der Waals surface area (Å²) in [6.45, 7) is 4.78. The number of aliphatic hydroxyl groups excluding tert-OH is 1. The van der Waals surface area contributed by atoms with Crippen LogP contribution in [0.3, 0.4) is 0 Å². The summed E-state index contributed by atoms with van der Waals surface area (Å²) in [6.07, 6.45) is 1.47. The Morgan fingerprint density at radius 2 is 1.73 bits per heavy atom. The van der Waals surface area contributed by atoms with Gasteiger partial charge in [-0.05, 0) is 54.8 Å². The number of carbonyl (C=O) groups is 1. The molecule has 1 amide bonds. The molecule has 4 aromatic rings. The van der Waals surface area contributed by atoms with Gasteiger partial charge in [0, 0.05) is 18.3 Å². The Morgan fingerprint density at radius 3 is 2.39 bits per heavy atom. The van der Waals surface area contributed by atoms with Gasteiger partial charge in [0.05, 0.1) is 57.0 Å². The zero-order chi connectivity index (χ0) is 29.7. The fourth-order valence-corrected chi connectivity index (χ4v) is 5.06. The Morgan fingerprint density at radius 1 is 1.00 bits per heavy atom. The lowest BCUT2D eigenvalue weighted by Gasteiger charge is -2.25. The normalized spacial score (nSPS) is 11.9. The molecule has 2 aromatic carbocycles. The summed E-state index contributed by atoms with van der Waals surface area (Å²) in [5, 5.41) is 12.0. The number of pyridine rings is 1. The van der Waals surface area contributed by atoms with Gasteiger partial charge >= 0.3 is 0 Å². The molecule has 0 aliphatic rings. The second-order valence-electron chi connectivity index (χ2n) is 9.95. The number of benzene rings is 2. The number of halogens is 1. The smallest absolute Gasteiger partial charge is 0.255 e. The monoisotopic (exact) mass is 581 g/mol. The number of aliphatic hydroxyl groups is 1. The Balaban J connectivity index is 1.82. The van der Waals surface area contributed by atoms with E-state index in [4.69, 9.17) is 35.5 Å². The number of nitrogens with zero attached hydrogens (tertiary/aromatic N) is 3. The molecule has 0 fully saturated rings. The fraction of sp³-hybridized carbons (Fsp3) is 0.355. The van der Waals surface area contributed by atoms with E-state index in [1.54, 1.807) is 49.5 Å². The molecule has 2 heterocycles. The zero-order valence-electron chi connectivity index (χ0n) is 24.2. The number of fused-ring (bicyclic) bond motifs is 1. The lowest BCUT2D eigenvalue weighted by molar-refractivity contribution is 0.0731. The maximum atomic E-state index is 14.0. The Bertz CT molecular complexity index is 1520. The van der Waals surface area contributed by atoms with Crippen molar-refractivity contribution in [3.8, 4) is 23.0 Å². The number of hydrogen-bond acceptors (Lipinski definition) is 7. The van der Waals surface area contributed by atoms with E-state index in [0.29, 0.717) is 52.3 Å². The molecule has 1 N–H and O–H groups in total. The molecule has 218 valence electrons. The standard InChI is InChI=1S/C31H36ClN3O6/c1-19(2)14-16-34(31(37)21-11-13-25(40-5)30(41-6)27(21)32)18-23-28(35-15-8-7-9-26(35)33-23)29(36)22-17-20(38-3)10-12-24(22)39-4/h7-13,15,17,19,29,36H,14,16,18H2,1-6H3. The third-order valence-electron chi connectivity index (χ3n) is 6.95. The third kappa shape index (κ3) is 6.21. The molecule has 41 heavy (non-hydrogen) atoms. The lowest BCUT2D eigenvalue weighted by atomic mass is 10.0. The molecule has 1 unspecified atom stereocenters. The third-order valence-corrected chi connectivity index (χ3v) is 7.33. The first kappa shape index (κ1) is 30.0. The fourth-order valence-electron chi connectivity index (χ4n) is 4.74. The molecule has 9 nitrogen and oxygen atoms in total. The quantitative estimate of drug-likeness (QED) is 0.226. The molecule has 0 aliphatic heterocycles. The van der Waals surface area contributed by atoms with Crippen LogP contribution < -0.4 is 18.9 Å². The van der Waals surface area contributed by atoms with Gasteiger partial charge in [-0.25, -0.2) is 4.98 Å². The van der Waals surface area contributed by atoms with Crippen molar-refractivity contribution in [1.29, 1.82) is 0 Å². The molecule has 0 saturated carbocycles. The summed E-state index contributed by atoms with van der Waals surface area (Å²) in [5.41, 5.74) is 2.50. The van der Waals surface area contributed by atoms with E-state index < -0.39 is 6.10 Å². The van der Waals surface area contributed by atoms with Gasteiger partial charge in [0.1, 0.15) is 23.3 Å². The molecule has 1 atom stereocenters. The number of rotatable bonds is 12. The molecule has 0 spiro atoms. The van der Waals surface area contributed by atoms with Crippen LogP contribution in [0.5, 0.6) is 23.0 Å². The van der Waals surface area contributed by atoms with Crippen LogP contribution in [0.15, 0.2) is 54.7 Å². The van der Waals surface area contributed by atoms with E-state index in [1.165, 1.54) is 14.2 Å². The molecular weight excluding hydrogens is 546 g/mol. The summed E-state index contributed by atoms with van der Waals surface area (Å²) >= 11 is 6.65. The highest BCUT2D eigenvalue weighted by Crippen LogP contribution is 2.39. The number of ether oxygens (including phenoxy) is 4. The van der Waals surface area contributed by atoms with Gasteiger partial charge in [-0.3, -0.25) is 4.79 Å². The number of aromatic nitrogens is 2. The first-order valence-corrected chi connectivity index (χ1v) is 13.7. The maximum absolute atomic E-state index is 14.0. The minimum atomic E-state index is -1.13. The predicted octanol–water partition coefficient (Wildman–Crippen LogP) is 5.79. The number of hydrogen-bond donors (Lipinski definition) is 1. The van der Waals surface area contributed by atoms with Crippen LogP contribution in [0.4, 0.5) is 0 Å². The highest BCUT2D eigenvalue weighted by atomic mass is 35.5. The van der Waals surface area contributed by atoms with Crippen LogP contribution in [0.1, 0.15) is 53.7 Å². The molecule has 0 bridgehead atoms. The molecule has 2 aromatic heterocycles. The topological polar surface area (TPSA) is 94.8 Å². The van der Waals surface area contributed by atoms with Crippen molar-refractivity contribution in [3.05, 3.63) is 82.3 Å². The van der Waals surface area contributed by atoms with Crippen molar-refractivity contribution in [2.45, 2.75) is 32.9 Å². The van der Waals surface area contributed by atoms with Crippen LogP contribution in [0.2, 0.25) is 5.02 Å². The SMILES string of the molecule is COc1ccc(OC)c(C(O)c2c(CN(CCC(C)C)C(=O)c3ccc(OC)c(OC)c3Cl)nc3ccccn23)c1. The van der Waals surface area contributed by atoms with Gasteiger partial charge in [0.2, 0.25) is 0 Å². The van der Waals surface area contributed by atoms with Crippen molar-refractivity contribution in [1.82, 2.24) is 14.3 Å². The molecule has 4 rings (SSSR count). The molecule has 0 saturated heterocycles. The Hall–Kier alpha value is -3.95. The van der Waals surface area contributed by atoms with E-state index >= 15 is 0 Å². The van der Waals surface area contributed by atoms with E-state index in [-0.39, 0.29) is 28.8 Å². The summed E-state index contributed by atoms with van der Waals surface area (Å²) in [7, 11) is 6.10. The lowest BCUT2D eigenvalue weighted by Crippen LogP contribution is -2.33. The Labute approximate surface area is 245 Å². The zero-order valence-corrected chi connectivity index (χ0v) is 24.9. The van der Waals surface area contributed by atoms with Crippen molar-refractivity contribution < 1.29 is 28.8 Å². The minimum Gasteiger partial charge on any atom is -0.497 e. The summed E-state index contributed by atoms with van der Waals surface area (Å²) < 4.78 is 23.6. The molecular formula is C31H36ClN3O6. The summed E-state index contributed by atoms with van der Waals surface area (Å²) in [4.78, 5) is 20.6. The van der Waals surface area contributed by atoms with Crippen molar-refractivity contribution in [2.24, 2.45) is 5.92 Å². The molecule has 0 radical (unpaired) electrons. The van der Waals surface area contributed by atoms with Crippen molar-refractivity contribution >= 4 is 23.2 Å². The van der Waals surface area contributed by atoms with Crippen molar-refractivity contribution in [3.63, 3.8) is 0 Å². The Kier molecular flexibility index (Phi) is 9.62. The van der Waals surface area contributed by atoms with Crippen LogP contribution in [0, 0.1) is 5.92 Å². The first-order valence-electron chi connectivity index (χ1n) is 13.3. The average molecular weight is 582 g/mol. The van der Waals surface area contributed by atoms with E-state index in [9.17, 15) is 9.90 Å². The van der Waals surface area contributed by atoms with Crippen LogP contribution >= 0.6 is 11.6 Å². The van der Waals surface area contributed by atoms with Gasteiger partial charge in [-0.1, -0.05) is 31.5 Å². The highest BCUT2D eigenvalue weighted by molar-refractivity contribution is 6.35. The van der Waals surface area contributed by atoms with E-state index in [1.807, 2.05) is 28.8 Å². The average Bonchev–Trinajstić information content (AvgIpc) is 3.35. The first-order chi connectivity index (χ1) is 19.7. The van der Waals surface area contributed by atoms with Crippen LogP contribution in [-0.2, 0) is 6.54 Å². The van der Waals surface area contributed by atoms with E-state index in [2.05, 4.69) is 13.8 Å². The number of imidazole rings is 1. The number of methoxy groups -OCH3 is 4. The predicted molar refractivity (Wildman–Crippen MR) is 158 cm³/mol. The number of carbonyl (C=O) groups excluding carboxylic acids is 1. The largest absolute Gasteiger partial charge is 0.497 e. The van der Waals surface area contributed by atoms with Gasteiger partial charge in [0.25, 0.3) is 5.91 Å². The molecule has 0 aliphatic carbocycles. The number of amides is 1. The maximum Gasteiger partial charge on any atom is 0.255 e. The second-order valence-corrected chi connectivity index (χ2v) is 10.3. The molecule has 10 heteroatoms. The minimum absolute atomic E-state index is 0.136. The van der Waals surface area contributed by atoms with Crippen LogP contribution in [-0.4, -0.2) is 60.3 Å². The van der Waals surface area contributed by atoms with Crippen molar-refractivity contribution in [2.75, 3.05) is 35.0 Å². The summed E-state index contributed by atoms with van der Waals surface area (Å²) in [6, 6.07) is 14.1. The second kappa shape index (κ2) is 13.1. The van der Waals surface area contributed by atoms with Gasteiger partial charge in [0.15, 0.2) is 11.5 Å². The van der Waals surface area contributed by atoms with Gasteiger partial charge < -0.3 is 33.4 Å². The summed E-state index contributed by atoms with van der Waals surface area (Å²) in [5.74, 6) is 1.86. The van der Waals surface area contributed by atoms with E-state index in [0.717, 1.165) is 6.42 Å².